The number of rotatable bonds is 5. The first-order chi connectivity index (χ1) is 8.89. The van der Waals surface area contributed by atoms with Crippen LogP contribution in [0.4, 0.5) is 4.79 Å². The van der Waals surface area contributed by atoms with Crippen LogP contribution in [0.15, 0.2) is 0 Å². The van der Waals surface area contributed by atoms with Crippen molar-refractivity contribution in [2.45, 2.75) is 78.2 Å². The molecule has 1 amide bonds. The van der Waals surface area contributed by atoms with E-state index in [0.29, 0.717) is 6.42 Å². The summed E-state index contributed by atoms with van der Waals surface area (Å²) in [7, 11) is 0. The Morgan fingerprint density at radius 1 is 1.05 bits per heavy atom. The van der Waals surface area contributed by atoms with Gasteiger partial charge in [0.15, 0.2) is 0 Å². The Morgan fingerprint density at radius 3 is 2.00 bits per heavy atom. The fourth-order valence-electron chi connectivity index (χ4n) is 1.35. The molecule has 0 heterocycles. The van der Waals surface area contributed by atoms with E-state index < -0.39 is 23.5 Å². The van der Waals surface area contributed by atoms with E-state index in [9.17, 15) is 14.7 Å². The molecule has 20 heavy (non-hydrogen) atoms. The molecule has 1 unspecified atom stereocenters. The van der Waals surface area contributed by atoms with Crippen LogP contribution in [0.5, 0.6) is 0 Å². The van der Waals surface area contributed by atoms with Crippen LogP contribution in [0.1, 0.15) is 60.8 Å². The molecule has 0 saturated heterocycles. The molecule has 0 rings (SSSR count). The molecule has 0 bridgehead atoms. The van der Waals surface area contributed by atoms with Gasteiger partial charge >= 0.3 is 12.1 Å². The lowest BCUT2D eigenvalue weighted by atomic mass is 10.2. The van der Waals surface area contributed by atoms with Gasteiger partial charge in [-0.05, 0) is 54.4 Å². The molecule has 6 heteroatoms. The largest absolute Gasteiger partial charge is 0.460 e. The Morgan fingerprint density at radius 2 is 1.55 bits per heavy atom. The lowest BCUT2D eigenvalue weighted by molar-refractivity contribution is -0.155. The second-order valence-electron chi connectivity index (χ2n) is 6.64. The van der Waals surface area contributed by atoms with E-state index in [0.717, 1.165) is 0 Å². The topological polar surface area (TPSA) is 84.9 Å². The highest BCUT2D eigenvalue weighted by molar-refractivity contribution is 5.70. The van der Waals surface area contributed by atoms with Crippen molar-refractivity contribution in [3.63, 3.8) is 0 Å². The second-order valence-corrected chi connectivity index (χ2v) is 6.64. The monoisotopic (exact) mass is 289 g/mol. The third kappa shape index (κ3) is 11.8. The SMILES string of the molecule is CC(C)(C)OC(=O)CCCC(O)NC(=O)OC(C)(C)C. The van der Waals surface area contributed by atoms with Crippen LogP contribution in [0.25, 0.3) is 0 Å². The minimum absolute atomic E-state index is 0.199. The highest BCUT2D eigenvalue weighted by Crippen LogP contribution is 2.11. The van der Waals surface area contributed by atoms with Gasteiger partial charge in [0.1, 0.15) is 17.4 Å². The normalized spacial score (nSPS) is 13.6. The average molecular weight is 289 g/mol. The van der Waals surface area contributed by atoms with E-state index >= 15 is 0 Å². The van der Waals surface area contributed by atoms with Crippen molar-refractivity contribution >= 4 is 12.1 Å². The first-order valence-corrected chi connectivity index (χ1v) is 6.78. The summed E-state index contributed by atoms with van der Waals surface area (Å²) in [4.78, 5) is 22.8. The van der Waals surface area contributed by atoms with E-state index in [1.54, 1.807) is 41.5 Å². The highest BCUT2D eigenvalue weighted by Gasteiger charge is 2.19. The minimum Gasteiger partial charge on any atom is -0.460 e. The lowest BCUT2D eigenvalue weighted by Gasteiger charge is -2.21. The molecule has 0 aromatic heterocycles. The lowest BCUT2D eigenvalue weighted by Crippen LogP contribution is -2.39. The summed E-state index contributed by atoms with van der Waals surface area (Å²) in [5, 5.41) is 11.9. The van der Waals surface area contributed by atoms with E-state index in [1.807, 2.05) is 0 Å². The molecule has 118 valence electrons. The molecule has 0 saturated carbocycles. The zero-order valence-electron chi connectivity index (χ0n) is 13.3. The summed E-state index contributed by atoms with van der Waals surface area (Å²) in [6.07, 6.45) is -0.830. The first kappa shape index (κ1) is 18.7. The Balaban J connectivity index is 3.87. The molecule has 0 aromatic rings. The van der Waals surface area contributed by atoms with Crippen molar-refractivity contribution in [2.75, 3.05) is 0 Å². The zero-order valence-corrected chi connectivity index (χ0v) is 13.3. The maximum Gasteiger partial charge on any atom is 0.409 e. The Bertz CT molecular complexity index is 327. The van der Waals surface area contributed by atoms with Crippen molar-refractivity contribution in [1.82, 2.24) is 5.32 Å². The predicted molar refractivity (Wildman–Crippen MR) is 75.1 cm³/mol. The summed E-state index contributed by atoms with van der Waals surface area (Å²) < 4.78 is 10.1. The fraction of sp³-hybridized carbons (Fsp3) is 0.857. The summed E-state index contributed by atoms with van der Waals surface area (Å²) in [6, 6.07) is 0. The molecular weight excluding hydrogens is 262 g/mol. The van der Waals surface area contributed by atoms with Crippen LogP contribution >= 0.6 is 0 Å². The van der Waals surface area contributed by atoms with Crippen molar-refractivity contribution in [3.05, 3.63) is 0 Å². The molecule has 0 fully saturated rings. The van der Waals surface area contributed by atoms with Crippen LogP contribution in [-0.2, 0) is 14.3 Å². The summed E-state index contributed by atoms with van der Waals surface area (Å²) >= 11 is 0. The van der Waals surface area contributed by atoms with Gasteiger partial charge in [0, 0.05) is 6.42 Å². The fourth-order valence-corrected chi connectivity index (χ4v) is 1.35. The number of aliphatic hydroxyl groups excluding tert-OH is 1. The van der Waals surface area contributed by atoms with Gasteiger partial charge in [0.2, 0.25) is 0 Å². The zero-order chi connectivity index (χ0) is 16.0. The van der Waals surface area contributed by atoms with Crippen molar-refractivity contribution < 1.29 is 24.2 Å². The van der Waals surface area contributed by atoms with Crippen molar-refractivity contribution in [1.29, 1.82) is 0 Å². The minimum atomic E-state index is -1.03. The highest BCUT2D eigenvalue weighted by atomic mass is 16.6. The van der Waals surface area contributed by atoms with Crippen molar-refractivity contribution in [3.8, 4) is 0 Å². The number of hydrogen-bond donors (Lipinski definition) is 2. The third-order valence-corrected chi connectivity index (χ3v) is 1.96. The number of ether oxygens (including phenoxy) is 2. The van der Waals surface area contributed by atoms with Gasteiger partial charge in [-0.2, -0.15) is 0 Å². The molecular formula is C14H27NO5. The maximum absolute atomic E-state index is 11.4. The Kier molecular flexibility index (Phi) is 6.99. The van der Waals surface area contributed by atoms with Gasteiger partial charge in [-0.3, -0.25) is 10.1 Å². The van der Waals surface area contributed by atoms with E-state index in [2.05, 4.69) is 5.32 Å². The summed E-state index contributed by atoms with van der Waals surface area (Å²) in [5.74, 6) is -0.318. The molecule has 2 N–H and O–H groups in total. The smallest absolute Gasteiger partial charge is 0.409 e. The second kappa shape index (κ2) is 7.47. The predicted octanol–water partition coefficient (Wildman–Crippen LogP) is 2.34. The molecule has 6 nitrogen and oxygen atoms in total. The number of carbonyl (C=O) groups is 2. The van der Waals surface area contributed by atoms with Gasteiger partial charge in [-0.15, -0.1) is 0 Å². The van der Waals surface area contributed by atoms with Crippen LogP contribution in [0.3, 0.4) is 0 Å². The van der Waals surface area contributed by atoms with Crippen LogP contribution < -0.4 is 5.32 Å². The number of nitrogens with one attached hydrogen (secondary N) is 1. The molecule has 0 aliphatic heterocycles. The Labute approximate surface area is 120 Å². The molecule has 0 radical (unpaired) electrons. The van der Waals surface area contributed by atoms with Gasteiger partial charge in [-0.1, -0.05) is 0 Å². The average Bonchev–Trinajstić information content (AvgIpc) is 2.10. The molecule has 1 atom stereocenters. The van der Waals surface area contributed by atoms with Crippen molar-refractivity contribution in [2.24, 2.45) is 0 Å². The van der Waals surface area contributed by atoms with E-state index in [-0.39, 0.29) is 18.8 Å². The van der Waals surface area contributed by atoms with Gasteiger partial charge in [0.25, 0.3) is 0 Å². The summed E-state index contributed by atoms with van der Waals surface area (Å²) in [6.45, 7) is 10.6. The van der Waals surface area contributed by atoms with Gasteiger partial charge in [0.05, 0.1) is 0 Å². The standard InChI is InChI=1S/C14H27NO5/c1-13(2,3)19-11(17)9-7-8-10(16)15-12(18)20-14(4,5)6/h10,16H,7-9H2,1-6H3,(H,15,18). The van der Waals surface area contributed by atoms with Crippen LogP contribution in [0, 0.1) is 0 Å². The third-order valence-electron chi connectivity index (χ3n) is 1.96. The molecule has 0 aliphatic rings. The van der Waals surface area contributed by atoms with E-state index in [1.165, 1.54) is 0 Å². The number of hydrogen-bond acceptors (Lipinski definition) is 5. The number of alkyl carbamates (subject to hydrolysis) is 1. The number of amides is 1. The van der Waals surface area contributed by atoms with Gasteiger partial charge < -0.3 is 14.6 Å². The first-order valence-electron chi connectivity index (χ1n) is 6.78. The van der Waals surface area contributed by atoms with Crippen LogP contribution in [0.2, 0.25) is 0 Å². The molecule has 0 aromatic carbocycles. The number of esters is 1. The maximum atomic E-state index is 11.4. The Hall–Kier alpha value is -1.30. The van der Waals surface area contributed by atoms with E-state index in [4.69, 9.17) is 9.47 Å². The van der Waals surface area contributed by atoms with Crippen LogP contribution in [-0.4, -0.2) is 34.6 Å². The number of carbonyl (C=O) groups excluding carboxylic acids is 2. The molecule has 0 aliphatic carbocycles. The number of aliphatic hydroxyl groups is 1. The quantitative estimate of drug-likeness (QED) is 0.599. The van der Waals surface area contributed by atoms with Gasteiger partial charge in [-0.25, -0.2) is 4.79 Å². The summed E-state index contributed by atoms with van der Waals surface area (Å²) in [5.41, 5.74) is -1.12. The molecule has 0 spiro atoms.